The van der Waals surface area contributed by atoms with Crippen LogP contribution in [0.2, 0.25) is 0 Å². The number of nitrogens with one attached hydrogen (secondary N) is 1. The molecular weight excluding hydrogens is 389 g/mol. The summed E-state index contributed by atoms with van der Waals surface area (Å²) in [6, 6.07) is 7.89. The van der Waals surface area contributed by atoms with Gasteiger partial charge in [-0.15, -0.1) is 0 Å². The lowest BCUT2D eigenvalue weighted by atomic mass is 10.0. The van der Waals surface area contributed by atoms with Crippen LogP contribution >= 0.6 is 0 Å². The number of halogens is 1. The Labute approximate surface area is 173 Å². The molecule has 1 amide bonds. The summed E-state index contributed by atoms with van der Waals surface area (Å²) < 4.78 is 20.8. The molecule has 0 bridgehead atoms. The van der Waals surface area contributed by atoms with Crippen molar-refractivity contribution in [3.63, 3.8) is 0 Å². The number of hydrogen-bond donors (Lipinski definition) is 3. The molecule has 0 spiro atoms. The van der Waals surface area contributed by atoms with Gasteiger partial charge in [-0.1, -0.05) is 0 Å². The summed E-state index contributed by atoms with van der Waals surface area (Å²) in [5.74, 6) is -0.0529. The van der Waals surface area contributed by atoms with Gasteiger partial charge in [0.15, 0.2) is 0 Å². The Morgan fingerprint density at radius 3 is 2.87 bits per heavy atom. The first kappa shape index (κ1) is 20.3. The number of carbonyl (C=O) groups excluding carboxylic acids is 1. The average Bonchev–Trinajstić information content (AvgIpc) is 3.37. The molecule has 1 fully saturated rings. The molecule has 1 aromatic carbocycles. The van der Waals surface area contributed by atoms with E-state index in [-0.39, 0.29) is 30.6 Å². The van der Waals surface area contributed by atoms with E-state index in [9.17, 15) is 14.3 Å². The molecular formula is C22H24FN3O4. The predicted molar refractivity (Wildman–Crippen MR) is 109 cm³/mol. The first-order valence-electron chi connectivity index (χ1n) is 9.82. The number of rotatable bonds is 8. The van der Waals surface area contributed by atoms with Crippen molar-refractivity contribution in [3.05, 3.63) is 59.8 Å². The monoisotopic (exact) mass is 413 g/mol. The lowest BCUT2D eigenvalue weighted by Crippen LogP contribution is -2.39. The van der Waals surface area contributed by atoms with Crippen molar-refractivity contribution in [3.8, 4) is 5.75 Å². The van der Waals surface area contributed by atoms with Crippen molar-refractivity contribution in [2.45, 2.75) is 37.5 Å². The number of hydrogen-bond acceptors (Lipinski definition) is 5. The molecule has 158 valence electrons. The third-order valence-corrected chi connectivity index (χ3v) is 5.51. The van der Waals surface area contributed by atoms with E-state index in [1.807, 2.05) is 6.07 Å². The summed E-state index contributed by atoms with van der Waals surface area (Å²) in [4.78, 5) is 17.2. The summed E-state index contributed by atoms with van der Waals surface area (Å²) in [7, 11) is 1.54. The van der Waals surface area contributed by atoms with Crippen molar-refractivity contribution in [1.29, 1.82) is 0 Å². The quantitative estimate of drug-likeness (QED) is 0.525. The molecule has 3 N–H and O–H groups in total. The van der Waals surface area contributed by atoms with E-state index in [4.69, 9.17) is 9.84 Å². The second kappa shape index (κ2) is 8.04. The molecule has 1 aliphatic carbocycles. The predicted octanol–water partition coefficient (Wildman–Crippen LogP) is 2.04. The Morgan fingerprint density at radius 1 is 1.37 bits per heavy atom. The number of pyridine rings is 1. The van der Waals surface area contributed by atoms with E-state index in [0.717, 1.165) is 23.7 Å². The van der Waals surface area contributed by atoms with Crippen LogP contribution in [0.3, 0.4) is 0 Å². The van der Waals surface area contributed by atoms with Crippen LogP contribution < -0.4 is 10.1 Å². The van der Waals surface area contributed by atoms with Gasteiger partial charge in [0, 0.05) is 23.3 Å². The number of benzene rings is 1. The summed E-state index contributed by atoms with van der Waals surface area (Å²) in [5.41, 5.74) is 1.28. The number of ether oxygens (including phenoxy) is 1. The lowest BCUT2D eigenvalue weighted by molar-refractivity contribution is 0.0822. The average molecular weight is 413 g/mol. The van der Waals surface area contributed by atoms with E-state index in [1.165, 1.54) is 19.2 Å². The Balaban J connectivity index is 1.53. The molecule has 2 heterocycles. The molecule has 1 saturated carbocycles. The number of aliphatic hydroxyl groups excluding tert-OH is 2. The first-order valence-corrected chi connectivity index (χ1v) is 9.82. The second-order valence-corrected chi connectivity index (χ2v) is 7.80. The van der Waals surface area contributed by atoms with E-state index in [2.05, 4.69) is 10.3 Å². The molecule has 1 aliphatic rings. The Hall–Kier alpha value is -2.97. The Morgan fingerprint density at radius 2 is 2.17 bits per heavy atom. The van der Waals surface area contributed by atoms with Crippen LogP contribution in [0.4, 0.5) is 4.39 Å². The second-order valence-electron chi connectivity index (χ2n) is 7.80. The fourth-order valence-corrected chi connectivity index (χ4v) is 3.70. The highest BCUT2D eigenvalue weighted by Crippen LogP contribution is 2.40. The van der Waals surface area contributed by atoms with E-state index in [1.54, 1.807) is 29.1 Å². The molecule has 2 aromatic heterocycles. The lowest BCUT2D eigenvalue weighted by Gasteiger charge is -2.19. The van der Waals surface area contributed by atoms with E-state index < -0.39 is 11.6 Å². The zero-order valence-electron chi connectivity index (χ0n) is 16.6. The number of carbonyl (C=O) groups is 1. The van der Waals surface area contributed by atoms with Crippen LogP contribution in [0.25, 0.3) is 10.9 Å². The zero-order valence-corrected chi connectivity index (χ0v) is 16.6. The number of nitrogens with zero attached hydrogens (tertiary/aromatic N) is 2. The standard InChI is InChI=1S/C22H24FN3O4/c1-30-20-3-2-16(23)8-15(20)10-22(5-6-22)25-21(29)18-9-19-14(11-24-18)4-7-26(19)12-17(28)13-27/h2-4,7-9,11,17,27-28H,5-6,10,12-13H2,1H3,(H,25,29)/t17-/m1/s1. The minimum Gasteiger partial charge on any atom is -0.496 e. The molecule has 7 nitrogen and oxygen atoms in total. The molecule has 0 radical (unpaired) electrons. The summed E-state index contributed by atoms with van der Waals surface area (Å²) in [5, 5.41) is 22.7. The number of aromatic nitrogens is 2. The van der Waals surface area contributed by atoms with Gasteiger partial charge in [-0.25, -0.2) is 4.39 Å². The topological polar surface area (TPSA) is 96.6 Å². The van der Waals surface area contributed by atoms with Crippen LogP contribution in [0, 0.1) is 5.82 Å². The molecule has 0 aliphatic heterocycles. The van der Waals surface area contributed by atoms with Crippen molar-refractivity contribution in [2.75, 3.05) is 13.7 Å². The Bertz CT molecular complexity index is 1080. The van der Waals surface area contributed by atoms with Gasteiger partial charge in [0.2, 0.25) is 0 Å². The fraction of sp³-hybridized carbons (Fsp3) is 0.364. The van der Waals surface area contributed by atoms with Gasteiger partial charge in [-0.05, 0) is 55.2 Å². The summed E-state index contributed by atoms with van der Waals surface area (Å²) in [6.45, 7) is -0.126. The molecule has 1 atom stereocenters. The van der Waals surface area contributed by atoms with Gasteiger partial charge >= 0.3 is 0 Å². The minimum absolute atomic E-state index is 0.217. The molecule has 3 aromatic rings. The Kier molecular flexibility index (Phi) is 5.44. The molecule has 4 rings (SSSR count). The summed E-state index contributed by atoms with van der Waals surface area (Å²) in [6.07, 6.45) is 4.56. The zero-order chi connectivity index (χ0) is 21.3. The third-order valence-electron chi connectivity index (χ3n) is 5.51. The van der Waals surface area contributed by atoms with Gasteiger partial charge in [0.25, 0.3) is 5.91 Å². The van der Waals surface area contributed by atoms with Crippen LogP contribution in [0.5, 0.6) is 5.75 Å². The number of aliphatic hydroxyl groups is 2. The SMILES string of the molecule is COc1ccc(F)cc1CC1(NC(=O)c2cc3c(ccn3C[C@@H](O)CO)cn2)CC1. The maximum atomic E-state index is 13.7. The maximum Gasteiger partial charge on any atom is 0.270 e. The van der Waals surface area contributed by atoms with Gasteiger partial charge in [-0.3, -0.25) is 9.78 Å². The van der Waals surface area contributed by atoms with E-state index in [0.29, 0.717) is 17.7 Å². The normalized spacial score (nSPS) is 15.7. The summed E-state index contributed by atoms with van der Waals surface area (Å²) >= 11 is 0. The van der Waals surface area contributed by atoms with Crippen LogP contribution in [-0.4, -0.2) is 51.0 Å². The van der Waals surface area contributed by atoms with Crippen molar-refractivity contribution in [2.24, 2.45) is 0 Å². The van der Waals surface area contributed by atoms with Gasteiger partial charge in [0.05, 0.1) is 31.9 Å². The molecule has 8 heteroatoms. The van der Waals surface area contributed by atoms with Gasteiger partial charge in [-0.2, -0.15) is 0 Å². The first-order chi connectivity index (χ1) is 14.4. The number of fused-ring (bicyclic) bond motifs is 1. The minimum atomic E-state index is -0.887. The molecule has 0 saturated heterocycles. The van der Waals surface area contributed by atoms with Crippen molar-refractivity contribution in [1.82, 2.24) is 14.9 Å². The number of amides is 1. The largest absolute Gasteiger partial charge is 0.496 e. The van der Waals surface area contributed by atoms with Gasteiger partial charge < -0.3 is 24.8 Å². The molecule has 30 heavy (non-hydrogen) atoms. The van der Waals surface area contributed by atoms with Crippen molar-refractivity contribution >= 4 is 16.8 Å². The fourth-order valence-electron chi connectivity index (χ4n) is 3.70. The smallest absolute Gasteiger partial charge is 0.270 e. The highest BCUT2D eigenvalue weighted by atomic mass is 19.1. The van der Waals surface area contributed by atoms with Crippen molar-refractivity contribution < 1.29 is 24.1 Å². The number of methoxy groups -OCH3 is 1. The van der Waals surface area contributed by atoms with Crippen LogP contribution in [0.15, 0.2) is 42.7 Å². The van der Waals surface area contributed by atoms with Crippen LogP contribution in [0.1, 0.15) is 28.9 Å². The van der Waals surface area contributed by atoms with Gasteiger partial charge in [0.1, 0.15) is 17.3 Å². The maximum absolute atomic E-state index is 13.7. The highest BCUT2D eigenvalue weighted by molar-refractivity contribution is 5.96. The third kappa shape index (κ3) is 4.15. The highest BCUT2D eigenvalue weighted by Gasteiger charge is 2.44. The molecule has 0 unspecified atom stereocenters. The van der Waals surface area contributed by atoms with Crippen LogP contribution in [-0.2, 0) is 13.0 Å². The van der Waals surface area contributed by atoms with E-state index >= 15 is 0 Å².